The Morgan fingerprint density at radius 3 is 2.81 bits per heavy atom. The molecule has 2 atom stereocenters. The van der Waals surface area contributed by atoms with Crippen molar-refractivity contribution in [3.05, 3.63) is 33.8 Å². The van der Waals surface area contributed by atoms with Crippen LogP contribution < -0.4 is 5.32 Å². The summed E-state index contributed by atoms with van der Waals surface area (Å²) in [4.78, 5) is 0. The molecule has 1 aromatic rings. The molecule has 3 heteroatoms. The average molecular weight is 352 g/mol. The molecular formula is C18H26BrNO. The second kappa shape index (κ2) is 6.39. The van der Waals surface area contributed by atoms with E-state index in [1.54, 1.807) is 0 Å². The highest BCUT2D eigenvalue weighted by Gasteiger charge is 2.44. The Bertz CT molecular complexity index is 478. The van der Waals surface area contributed by atoms with Crippen LogP contribution in [0.15, 0.2) is 22.7 Å². The first-order chi connectivity index (χ1) is 10.1. The van der Waals surface area contributed by atoms with Crippen molar-refractivity contribution in [1.82, 2.24) is 5.32 Å². The largest absolute Gasteiger partial charge is 0.375 e. The smallest absolute Gasteiger partial charge is 0.0686 e. The van der Waals surface area contributed by atoms with Gasteiger partial charge in [-0.3, -0.25) is 0 Å². The monoisotopic (exact) mass is 351 g/mol. The molecule has 1 saturated carbocycles. The second-order valence-electron chi connectivity index (χ2n) is 6.74. The van der Waals surface area contributed by atoms with E-state index in [1.807, 2.05) is 0 Å². The van der Waals surface area contributed by atoms with Gasteiger partial charge in [0.1, 0.15) is 0 Å². The highest BCUT2D eigenvalue weighted by molar-refractivity contribution is 9.10. The molecule has 0 bridgehead atoms. The molecular weight excluding hydrogens is 326 g/mol. The first-order valence-electron chi connectivity index (χ1n) is 8.26. The van der Waals surface area contributed by atoms with Crippen molar-refractivity contribution in [2.75, 3.05) is 13.2 Å². The molecule has 1 saturated heterocycles. The van der Waals surface area contributed by atoms with Gasteiger partial charge in [0.05, 0.1) is 5.60 Å². The van der Waals surface area contributed by atoms with Crippen LogP contribution in [0.25, 0.3) is 0 Å². The third kappa shape index (κ3) is 3.35. The van der Waals surface area contributed by atoms with Crippen LogP contribution in [-0.2, 0) is 4.74 Å². The molecule has 2 fully saturated rings. The molecule has 0 radical (unpaired) electrons. The van der Waals surface area contributed by atoms with Crippen LogP contribution in [0.4, 0.5) is 0 Å². The van der Waals surface area contributed by atoms with Gasteiger partial charge in [0.2, 0.25) is 0 Å². The predicted molar refractivity (Wildman–Crippen MR) is 90.6 cm³/mol. The van der Waals surface area contributed by atoms with Crippen molar-refractivity contribution >= 4 is 15.9 Å². The minimum absolute atomic E-state index is 0.220. The van der Waals surface area contributed by atoms with Gasteiger partial charge in [-0.1, -0.05) is 28.9 Å². The Kier molecular flexibility index (Phi) is 4.72. The van der Waals surface area contributed by atoms with Crippen LogP contribution in [0, 0.1) is 12.8 Å². The summed E-state index contributed by atoms with van der Waals surface area (Å²) in [5, 5.41) is 3.73. The fourth-order valence-corrected chi connectivity index (χ4v) is 4.62. The fraction of sp³-hybridized carbons (Fsp3) is 0.667. The van der Waals surface area contributed by atoms with Crippen LogP contribution in [0.5, 0.6) is 0 Å². The van der Waals surface area contributed by atoms with Crippen LogP contribution in [-0.4, -0.2) is 18.8 Å². The van der Waals surface area contributed by atoms with Crippen LogP contribution in [0.2, 0.25) is 0 Å². The molecule has 116 valence electrons. The predicted octanol–water partition coefficient (Wildman–Crippen LogP) is 4.76. The summed E-state index contributed by atoms with van der Waals surface area (Å²) in [6, 6.07) is 7.25. The molecule has 0 amide bonds. The Morgan fingerprint density at radius 2 is 2.19 bits per heavy atom. The van der Waals surface area contributed by atoms with Gasteiger partial charge in [-0.2, -0.15) is 0 Å². The van der Waals surface area contributed by atoms with E-state index in [9.17, 15) is 0 Å². The summed E-state index contributed by atoms with van der Waals surface area (Å²) in [5.41, 5.74) is 2.97. The van der Waals surface area contributed by atoms with E-state index in [4.69, 9.17) is 4.74 Å². The number of aryl methyl sites for hydroxylation is 1. The molecule has 1 aliphatic carbocycles. The van der Waals surface area contributed by atoms with E-state index < -0.39 is 0 Å². The number of rotatable bonds is 4. The highest BCUT2D eigenvalue weighted by Crippen LogP contribution is 2.47. The van der Waals surface area contributed by atoms with Crippen molar-refractivity contribution < 1.29 is 4.74 Å². The zero-order valence-electron chi connectivity index (χ0n) is 13.1. The van der Waals surface area contributed by atoms with Crippen molar-refractivity contribution in [2.24, 2.45) is 5.92 Å². The normalized spacial score (nSPS) is 25.6. The van der Waals surface area contributed by atoms with Crippen molar-refractivity contribution in [2.45, 2.75) is 57.6 Å². The maximum atomic E-state index is 6.11. The standard InChI is InChI=1S/C18H26BrNO/c1-3-20-17(15-9-13(2)10-16(19)11-15)14-5-8-21-18(12-14)6-4-7-18/h9-11,14,17,20H,3-8,12H2,1-2H3. The van der Waals surface area contributed by atoms with E-state index in [-0.39, 0.29) is 5.60 Å². The molecule has 1 N–H and O–H groups in total. The zero-order valence-corrected chi connectivity index (χ0v) is 14.7. The van der Waals surface area contributed by atoms with E-state index in [2.05, 4.69) is 53.3 Å². The Hall–Kier alpha value is -0.380. The van der Waals surface area contributed by atoms with Crippen molar-refractivity contribution in [3.63, 3.8) is 0 Å². The molecule has 2 aliphatic rings. The summed E-state index contributed by atoms with van der Waals surface area (Å²) in [6.07, 6.45) is 6.26. The first kappa shape index (κ1) is 15.5. The lowest BCUT2D eigenvalue weighted by Crippen LogP contribution is -2.48. The topological polar surface area (TPSA) is 21.3 Å². The van der Waals surface area contributed by atoms with Gasteiger partial charge in [-0.15, -0.1) is 0 Å². The Labute approximate surface area is 136 Å². The van der Waals surface area contributed by atoms with Gasteiger partial charge >= 0.3 is 0 Å². The number of halogens is 1. The van der Waals surface area contributed by atoms with E-state index in [1.165, 1.54) is 47.7 Å². The zero-order chi connectivity index (χ0) is 14.9. The quantitative estimate of drug-likeness (QED) is 0.844. The minimum Gasteiger partial charge on any atom is -0.375 e. The molecule has 1 aromatic carbocycles. The minimum atomic E-state index is 0.220. The maximum Gasteiger partial charge on any atom is 0.0686 e. The molecule has 1 aliphatic heterocycles. The summed E-state index contributed by atoms with van der Waals surface area (Å²) >= 11 is 3.65. The number of benzene rings is 1. The number of nitrogens with one attached hydrogen (secondary N) is 1. The third-order valence-corrected chi connectivity index (χ3v) is 5.57. The van der Waals surface area contributed by atoms with Gasteiger partial charge in [-0.25, -0.2) is 0 Å². The van der Waals surface area contributed by atoms with E-state index in [0.717, 1.165) is 13.2 Å². The number of hydrogen-bond donors (Lipinski definition) is 1. The van der Waals surface area contributed by atoms with Crippen LogP contribution in [0.3, 0.4) is 0 Å². The second-order valence-corrected chi connectivity index (χ2v) is 7.65. The number of ether oxygens (including phenoxy) is 1. The first-order valence-corrected chi connectivity index (χ1v) is 9.06. The Balaban J connectivity index is 1.83. The third-order valence-electron chi connectivity index (χ3n) is 5.11. The van der Waals surface area contributed by atoms with Gasteiger partial charge < -0.3 is 10.1 Å². The van der Waals surface area contributed by atoms with Gasteiger partial charge in [0, 0.05) is 17.1 Å². The highest BCUT2D eigenvalue weighted by atomic mass is 79.9. The molecule has 2 nitrogen and oxygen atoms in total. The lowest BCUT2D eigenvalue weighted by Gasteiger charge is -2.49. The lowest BCUT2D eigenvalue weighted by atomic mass is 9.69. The van der Waals surface area contributed by atoms with E-state index >= 15 is 0 Å². The van der Waals surface area contributed by atoms with E-state index in [0.29, 0.717) is 12.0 Å². The SMILES string of the molecule is CCNC(c1cc(C)cc(Br)c1)C1CCOC2(CCC2)C1. The fourth-order valence-electron chi connectivity index (χ4n) is 3.99. The van der Waals surface area contributed by atoms with Gasteiger partial charge in [-0.05, 0) is 74.8 Å². The van der Waals surface area contributed by atoms with Crippen LogP contribution in [0.1, 0.15) is 56.2 Å². The molecule has 0 aromatic heterocycles. The van der Waals surface area contributed by atoms with Gasteiger partial charge in [0.15, 0.2) is 0 Å². The summed E-state index contributed by atoms with van der Waals surface area (Å²) < 4.78 is 7.29. The lowest BCUT2D eigenvalue weighted by molar-refractivity contribution is -0.147. The molecule has 3 rings (SSSR count). The number of hydrogen-bond acceptors (Lipinski definition) is 2. The van der Waals surface area contributed by atoms with Crippen molar-refractivity contribution in [1.29, 1.82) is 0 Å². The molecule has 21 heavy (non-hydrogen) atoms. The summed E-state index contributed by atoms with van der Waals surface area (Å²) in [5.74, 6) is 0.688. The molecule has 1 heterocycles. The van der Waals surface area contributed by atoms with Gasteiger partial charge in [0.25, 0.3) is 0 Å². The van der Waals surface area contributed by atoms with Crippen LogP contribution >= 0.6 is 15.9 Å². The molecule has 2 unspecified atom stereocenters. The summed E-state index contributed by atoms with van der Waals surface area (Å²) in [7, 11) is 0. The summed E-state index contributed by atoms with van der Waals surface area (Å²) in [6.45, 7) is 6.32. The Morgan fingerprint density at radius 1 is 1.38 bits per heavy atom. The average Bonchev–Trinajstić information content (AvgIpc) is 2.42. The maximum absolute atomic E-state index is 6.11. The van der Waals surface area contributed by atoms with Crippen molar-refractivity contribution in [3.8, 4) is 0 Å². The molecule has 1 spiro atoms.